The van der Waals surface area contributed by atoms with E-state index in [0.29, 0.717) is 0 Å². The van der Waals surface area contributed by atoms with Crippen molar-refractivity contribution in [3.8, 4) is 0 Å². The Morgan fingerprint density at radius 1 is 1.36 bits per heavy atom. The summed E-state index contributed by atoms with van der Waals surface area (Å²) in [6.07, 6.45) is 3.70. The van der Waals surface area contributed by atoms with E-state index in [-0.39, 0.29) is 6.04 Å². The van der Waals surface area contributed by atoms with Crippen LogP contribution >= 0.6 is 0 Å². The van der Waals surface area contributed by atoms with Gasteiger partial charge in [0.05, 0.1) is 0 Å². The van der Waals surface area contributed by atoms with Gasteiger partial charge in [-0.3, -0.25) is 0 Å². The summed E-state index contributed by atoms with van der Waals surface area (Å²) in [6.45, 7) is 7.96. The molecule has 0 aromatic heterocycles. The molecule has 1 aromatic carbocycles. The van der Waals surface area contributed by atoms with Gasteiger partial charge in [0.25, 0.3) is 0 Å². The van der Waals surface area contributed by atoms with Crippen molar-refractivity contribution in [3.05, 3.63) is 47.5 Å². The van der Waals surface area contributed by atoms with Crippen molar-refractivity contribution in [3.63, 3.8) is 0 Å². The summed E-state index contributed by atoms with van der Waals surface area (Å²) in [5.74, 6) is 0. The molecule has 2 N–H and O–H groups in total. The van der Waals surface area contributed by atoms with E-state index in [1.165, 1.54) is 16.7 Å². The van der Waals surface area contributed by atoms with E-state index in [1.54, 1.807) is 0 Å². The quantitative estimate of drug-likeness (QED) is 0.724. The first-order valence-electron chi connectivity index (χ1n) is 5.06. The topological polar surface area (TPSA) is 26.0 Å². The molecule has 76 valence electrons. The van der Waals surface area contributed by atoms with E-state index in [2.05, 4.69) is 38.6 Å². The molecule has 0 radical (unpaired) electrons. The van der Waals surface area contributed by atoms with Gasteiger partial charge in [-0.05, 0) is 43.4 Å². The molecule has 0 saturated carbocycles. The van der Waals surface area contributed by atoms with Gasteiger partial charge in [-0.15, -0.1) is 6.58 Å². The lowest BCUT2D eigenvalue weighted by molar-refractivity contribution is 0.679. The minimum Gasteiger partial charge on any atom is -0.327 e. The van der Waals surface area contributed by atoms with Gasteiger partial charge in [0.1, 0.15) is 0 Å². The lowest BCUT2D eigenvalue weighted by Gasteiger charge is -2.10. The number of hydrogen-bond donors (Lipinski definition) is 1. The van der Waals surface area contributed by atoms with E-state index < -0.39 is 0 Å². The first-order chi connectivity index (χ1) is 6.63. The van der Waals surface area contributed by atoms with Crippen LogP contribution < -0.4 is 5.73 Å². The van der Waals surface area contributed by atoms with Crippen molar-refractivity contribution in [2.24, 2.45) is 5.73 Å². The van der Waals surface area contributed by atoms with Gasteiger partial charge in [-0.1, -0.05) is 24.3 Å². The van der Waals surface area contributed by atoms with E-state index in [0.717, 1.165) is 12.8 Å². The van der Waals surface area contributed by atoms with Crippen molar-refractivity contribution < 1.29 is 0 Å². The second-order valence-corrected chi connectivity index (χ2v) is 3.91. The first-order valence-corrected chi connectivity index (χ1v) is 5.06. The van der Waals surface area contributed by atoms with Crippen LogP contribution in [-0.4, -0.2) is 6.04 Å². The SMILES string of the molecule is C=CCC(N)Cc1ccc(C)c(C)c1. The van der Waals surface area contributed by atoms with Crippen LogP contribution in [-0.2, 0) is 6.42 Å². The van der Waals surface area contributed by atoms with Gasteiger partial charge < -0.3 is 5.73 Å². The zero-order valence-electron chi connectivity index (χ0n) is 9.09. The fraction of sp³-hybridized carbons (Fsp3) is 0.385. The molecule has 1 atom stereocenters. The Kier molecular flexibility index (Phi) is 3.90. The largest absolute Gasteiger partial charge is 0.327 e. The fourth-order valence-corrected chi connectivity index (χ4v) is 1.53. The normalized spacial score (nSPS) is 12.5. The minimum atomic E-state index is 0.203. The maximum atomic E-state index is 5.93. The number of nitrogens with two attached hydrogens (primary N) is 1. The highest BCUT2D eigenvalue weighted by Crippen LogP contribution is 2.11. The molecule has 1 rings (SSSR count). The predicted octanol–water partition coefficient (Wildman–Crippen LogP) is 2.75. The third-order valence-corrected chi connectivity index (χ3v) is 2.54. The summed E-state index contributed by atoms with van der Waals surface area (Å²) < 4.78 is 0. The van der Waals surface area contributed by atoms with Crippen molar-refractivity contribution in [2.75, 3.05) is 0 Å². The van der Waals surface area contributed by atoms with Gasteiger partial charge in [0.15, 0.2) is 0 Å². The third kappa shape index (κ3) is 3.00. The summed E-state index contributed by atoms with van der Waals surface area (Å²) in [5.41, 5.74) is 9.93. The molecule has 0 aliphatic heterocycles. The summed E-state index contributed by atoms with van der Waals surface area (Å²) in [7, 11) is 0. The molecular weight excluding hydrogens is 170 g/mol. The zero-order chi connectivity index (χ0) is 10.6. The number of benzene rings is 1. The highest BCUT2D eigenvalue weighted by Gasteiger charge is 2.02. The number of rotatable bonds is 4. The summed E-state index contributed by atoms with van der Waals surface area (Å²) in [4.78, 5) is 0. The van der Waals surface area contributed by atoms with Crippen LogP contribution in [0.5, 0.6) is 0 Å². The lowest BCUT2D eigenvalue weighted by Crippen LogP contribution is -2.21. The molecule has 1 unspecified atom stereocenters. The highest BCUT2D eigenvalue weighted by atomic mass is 14.6. The number of aryl methyl sites for hydroxylation is 2. The maximum Gasteiger partial charge on any atom is 0.0114 e. The zero-order valence-corrected chi connectivity index (χ0v) is 9.09. The van der Waals surface area contributed by atoms with Gasteiger partial charge in [0, 0.05) is 6.04 Å². The Hall–Kier alpha value is -1.08. The van der Waals surface area contributed by atoms with Crippen LogP contribution in [0.4, 0.5) is 0 Å². The molecule has 0 bridgehead atoms. The Labute approximate surface area is 86.6 Å². The molecule has 0 saturated heterocycles. The molecule has 1 nitrogen and oxygen atoms in total. The van der Waals surface area contributed by atoms with Crippen LogP contribution in [0, 0.1) is 13.8 Å². The van der Waals surface area contributed by atoms with Crippen LogP contribution in [0.25, 0.3) is 0 Å². The van der Waals surface area contributed by atoms with Crippen LogP contribution in [0.3, 0.4) is 0 Å². The second kappa shape index (κ2) is 4.97. The number of hydrogen-bond acceptors (Lipinski definition) is 1. The van der Waals surface area contributed by atoms with Crippen molar-refractivity contribution in [1.82, 2.24) is 0 Å². The Morgan fingerprint density at radius 3 is 2.64 bits per heavy atom. The molecular formula is C13H19N. The summed E-state index contributed by atoms with van der Waals surface area (Å²) in [6, 6.07) is 6.74. The van der Waals surface area contributed by atoms with Crippen LogP contribution in [0.2, 0.25) is 0 Å². The van der Waals surface area contributed by atoms with Crippen LogP contribution in [0.15, 0.2) is 30.9 Å². The van der Waals surface area contributed by atoms with E-state index in [1.807, 2.05) is 6.08 Å². The fourth-order valence-electron chi connectivity index (χ4n) is 1.53. The minimum absolute atomic E-state index is 0.203. The Balaban J connectivity index is 2.67. The van der Waals surface area contributed by atoms with Crippen molar-refractivity contribution >= 4 is 0 Å². The average molecular weight is 189 g/mol. The first kappa shape index (κ1) is 11.0. The predicted molar refractivity (Wildman–Crippen MR) is 62.4 cm³/mol. The molecule has 0 aliphatic carbocycles. The van der Waals surface area contributed by atoms with Gasteiger partial charge >= 0.3 is 0 Å². The molecule has 0 amide bonds. The monoisotopic (exact) mass is 189 g/mol. The van der Waals surface area contributed by atoms with Gasteiger partial charge in [0.2, 0.25) is 0 Å². The molecule has 0 aliphatic rings. The molecule has 14 heavy (non-hydrogen) atoms. The standard InChI is InChI=1S/C13H19N/c1-4-5-13(14)9-12-7-6-10(2)11(3)8-12/h4,6-8,13H,1,5,9,14H2,2-3H3. The highest BCUT2D eigenvalue weighted by molar-refractivity contribution is 5.30. The molecule has 0 spiro atoms. The van der Waals surface area contributed by atoms with E-state index in [4.69, 9.17) is 5.73 Å². The summed E-state index contributed by atoms with van der Waals surface area (Å²) >= 11 is 0. The molecule has 0 heterocycles. The smallest absolute Gasteiger partial charge is 0.0114 e. The Bertz CT molecular complexity index is 315. The van der Waals surface area contributed by atoms with Crippen molar-refractivity contribution in [2.45, 2.75) is 32.7 Å². The average Bonchev–Trinajstić information content (AvgIpc) is 2.12. The summed E-state index contributed by atoms with van der Waals surface area (Å²) in [5, 5.41) is 0. The molecule has 0 fully saturated rings. The third-order valence-electron chi connectivity index (χ3n) is 2.54. The van der Waals surface area contributed by atoms with E-state index >= 15 is 0 Å². The maximum absolute atomic E-state index is 5.93. The molecule has 1 aromatic rings. The van der Waals surface area contributed by atoms with Crippen molar-refractivity contribution in [1.29, 1.82) is 0 Å². The van der Waals surface area contributed by atoms with Crippen LogP contribution in [0.1, 0.15) is 23.1 Å². The molecule has 1 heteroatoms. The van der Waals surface area contributed by atoms with Gasteiger partial charge in [-0.25, -0.2) is 0 Å². The lowest BCUT2D eigenvalue weighted by atomic mass is 10.00. The Morgan fingerprint density at radius 2 is 2.07 bits per heavy atom. The second-order valence-electron chi connectivity index (χ2n) is 3.91. The van der Waals surface area contributed by atoms with E-state index in [9.17, 15) is 0 Å². The van der Waals surface area contributed by atoms with Gasteiger partial charge in [-0.2, -0.15) is 0 Å².